The summed E-state index contributed by atoms with van der Waals surface area (Å²) in [6.45, 7) is 3.95. The molecule has 2 rings (SSSR count). The number of carbonyl (C=O) groups excluding carboxylic acids is 3. The number of carbonyl (C=O) groups is 3. The van der Waals surface area contributed by atoms with Crippen molar-refractivity contribution < 1.29 is 14.4 Å². The molecular formula is C22H30O3. The van der Waals surface area contributed by atoms with E-state index < -0.39 is 0 Å². The van der Waals surface area contributed by atoms with Crippen LogP contribution in [-0.4, -0.2) is 17.3 Å². The molecule has 0 amide bonds. The van der Waals surface area contributed by atoms with Gasteiger partial charge < -0.3 is 0 Å². The summed E-state index contributed by atoms with van der Waals surface area (Å²) in [5.41, 5.74) is 1.36. The molecule has 1 saturated carbocycles. The average Bonchev–Trinajstić information content (AvgIpc) is 2.66. The van der Waals surface area contributed by atoms with Crippen molar-refractivity contribution in [1.29, 1.82) is 0 Å². The Bertz CT molecular complexity index is 592. The van der Waals surface area contributed by atoms with Gasteiger partial charge in [-0.25, -0.2) is 0 Å². The molecule has 136 valence electrons. The Balaban J connectivity index is 1.82. The maximum absolute atomic E-state index is 12.5. The van der Waals surface area contributed by atoms with E-state index in [0.29, 0.717) is 42.1 Å². The summed E-state index contributed by atoms with van der Waals surface area (Å²) in [6, 6.07) is 7.04. The molecule has 1 aliphatic carbocycles. The van der Waals surface area contributed by atoms with Crippen LogP contribution in [0, 0.1) is 11.8 Å². The highest BCUT2D eigenvalue weighted by Gasteiger charge is 2.27. The topological polar surface area (TPSA) is 51.2 Å². The van der Waals surface area contributed by atoms with E-state index in [9.17, 15) is 14.4 Å². The highest BCUT2D eigenvalue weighted by molar-refractivity contribution is 5.99. The first-order valence-electron chi connectivity index (χ1n) is 9.74. The van der Waals surface area contributed by atoms with E-state index in [0.717, 1.165) is 38.5 Å². The normalized spacial score (nSPS) is 20.2. The first-order valence-corrected chi connectivity index (χ1v) is 9.74. The van der Waals surface area contributed by atoms with Crippen LogP contribution in [0.15, 0.2) is 24.3 Å². The molecule has 0 aromatic heterocycles. The predicted molar refractivity (Wildman–Crippen MR) is 100.0 cm³/mol. The summed E-state index contributed by atoms with van der Waals surface area (Å²) < 4.78 is 0. The van der Waals surface area contributed by atoms with Crippen LogP contribution in [0.1, 0.15) is 92.4 Å². The van der Waals surface area contributed by atoms with Crippen molar-refractivity contribution in [3.63, 3.8) is 0 Å². The minimum atomic E-state index is 0.102. The number of rotatable bonds is 9. The Kier molecular flexibility index (Phi) is 7.54. The van der Waals surface area contributed by atoms with Gasteiger partial charge in [0.25, 0.3) is 0 Å². The second-order valence-corrected chi connectivity index (χ2v) is 7.27. The maximum Gasteiger partial charge on any atom is 0.163 e. The highest BCUT2D eigenvalue weighted by Crippen LogP contribution is 2.33. The van der Waals surface area contributed by atoms with Crippen LogP contribution in [0.25, 0.3) is 0 Å². The molecule has 1 fully saturated rings. The summed E-state index contributed by atoms with van der Waals surface area (Å²) in [5.74, 6) is 1.28. The van der Waals surface area contributed by atoms with E-state index in [1.807, 2.05) is 6.92 Å². The molecule has 3 nitrogen and oxygen atoms in total. The number of Topliss-reactive ketones (excluding diaryl/α,β-unsaturated/α-hetero) is 3. The Hall–Kier alpha value is -1.77. The minimum Gasteiger partial charge on any atom is -0.299 e. The van der Waals surface area contributed by atoms with Crippen molar-refractivity contribution in [3.8, 4) is 0 Å². The largest absolute Gasteiger partial charge is 0.299 e. The third-order valence-corrected chi connectivity index (χ3v) is 5.40. The predicted octanol–water partition coefficient (Wildman–Crippen LogP) is 5.42. The van der Waals surface area contributed by atoms with E-state index in [1.54, 1.807) is 24.3 Å². The molecule has 3 heteroatoms. The van der Waals surface area contributed by atoms with Crippen molar-refractivity contribution >= 4 is 17.3 Å². The third kappa shape index (κ3) is 5.62. The van der Waals surface area contributed by atoms with E-state index in [-0.39, 0.29) is 17.5 Å². The number of ketones is 3. The van der Waals surface area contributed by atoms with Crippen molar-refractivity contribution in [2.24, 2.45) is 11.8 Å². The summed E-state index contributed by atoms with van der Waals surface area (Å²) in [4.78, 5) is 36.2. The van der Waals surface area contributed by atoms with Gasteiger partial charge in [-0.05, 0) is 38.0 Å². The summed E-state index contributed by atoms with van der Waals surface area (Å²) in [7, 11) is 0. The Morgan fingerprint density at radius 3 is 1.96 bits per heavy atom. The SMILES string of the molecule is CCCCC(=O)[C@H]1CC[C@H](CC(=O)c2ccc(C(=O)CC)cc2)CC1. The van der Waals surface area contributed by atoms with E-state index in [4.69, 9.17) is 0 Å². The molecule has 0 aliphatic heterocycles. The van der Waals surface area contributed by atoms with Crippen LogP contribution in [0.5, 0.6) is 0 Å². The van der Waals surface area contributed by atoms with Gasteiger partial charge in [-0.3, -0.25) is 14.4 Å². The van der Waals surface area contributed by atoms with Crippen LogP contribution in [0.3, 0.4) is 0 Å². The molecule has 1 aromatic carbocycles. The maximum atomic E-state index is 12.5. The van der Waals surface area contributed by atoms with Gasteiger partial charge in [-0.1, -0.05) is 44.5 Å². The van der Waals surface area contributed by atoms with Crippen LogP contribution in [0.4, 0.5) is 0 Å². The standard InChI is InChI=1S/C22H30O3/c1-3-5-6-21(24)18-9-7-16(8-10-18)15-22(25)19-13-11-17(12-14-19)20(23)4-2/h11-14,16,18H,3-10,15H2,1-2H3/t16-,18-. The molecule has 0 bridgehead atoms. The molecule has 0 saturated heterocycles. The lowest BCUT2D eigenvalue weighted by Gasteiger charge is -2.27. The lowest BCUT2D eigenvalue weighted by Crippen LogP contribution is -2.23. The molecule has 0 atom stereocenters. The first-order chi connectivity index (χ1) is 12.0. The molecule has 0 N–H and O–H groups in total. The molecule has 0 unspecified atom stereocenters. The summed E-state index contributed by atoms with van der Waals surface area (Å²) >= 11 is 0. The Morgan fingerprint density at radius 1 is 0.880 bits per heavy atom. The van der Waals surface area contributed by atoms with Gasteiger partial charge >= 0.3 is 0 Å². The minimum absolute atomic E-state index is 0.102. The van der Waals surface area contributed by atoms with Crippen LogP contribution < -0.4 is 0 Å². The fraction of sp³-hybridized carbons (Fsp3) is 0.591. The molecule has 0 heterocycles. The fourth-order valence-corrected chi connectivity index (χ4v) is 3.67. The van der Waals surface area contributed by atoms with Gasteiger partial charge in [0, 0.05) is 36.3 Å². The highest BCUT2D eigenvalue weighted by atomic mass is 16.1. The van der Waals surface area contributed by atoms with Crippen LogP contribution in [-0.2, 0) is 4.79 Å². The summed E-state index contributed by atoms with van der Waals surface area (Å²) in [6.07, 6.45) is 7.63. The van der Waals surface area contributed by atoms with Gasteiger partial charge in [0.1, 0.15) is 5.78 Å². The molecule has 0 spiro atoms. The van der Waals surface area contributed by atoms with E-state index in [2.05, 4.69) is 6.92 Å². The van der Waals surface area contributed by atoms with Gasteiger partial charge in [-0.2, -0.15) is 0 Å². The van der Waals surface area contributed by atoms with Crippen molar-refractivity contribution in [1.82, 2.24) is 0 Å². The molecule has 25 heavy (non-hydrogen) atoms. The van der Waals surface area contributed by atoms with E-state index in [1.165, 1.54) is 0 Å². The van der Waals surface area contributed by atoms with Crippen LogP contribution in [0.2, 0.25) is 0 Å². The fourth-order valence-electron chi connectivity index (χ4n) is 3.67. The zero-order valence-electron chi connectivity index (χ0n) is 15.6. The van der Waals surface area contributed by atoms with Gasteiger partial charge in [-0.15, -0.1) is 0 Å². The Labute approximate surface area is 151 Å². The number of hydrogen-bond acceptors (Lipinski definition) is 3. The molecule has 1 aliphatic rings. The number of benzene rings is 1. The monoisotopic (exact) mass is 342 g/mol. The molecule has 1 aromatic rings. The second-order valence-electron chi connectivity index (χ2n) is 7.27. The first kappa shape index (κ1) is 19.6. The quantitative estimate of drug-likeness (QED) is 0.563. The summed E-state index contributed by atoms with van der Waals surface area (Å²) in [5, 5.41) is 0. The zero-order chi connectivity index (χ0) is 18.2. The molecule has 0 radical (unpaired) electrons. The second kappa shape index (κ2) is 9.65. The zero-order valence-corrected chi connectivity index (χ0v) is 15.6. The van der Waals surface area contributed by atoms with Crippen molar-refractivity contribution in [3.05, 3.63) is 35.4 Å². The molecular weight excluding hydrogens is 312 g/mol. The van der Waals surface area contributed by atoms with Gasteiger partial charge in [0.2, 0.25) is 0 Å². The van der Waals surface area contributed by atoms with Crippen molar-refractivity contribution in [2.45, 2.75) is 71.6 Å². The van der Waals surface area contributed by atoms with Gasteiger partial charge in [0.05, 0.1) is 0 Å². The number of hydrogen-bond donors (Lipinski definition) is 0. The van der Waals surface area contributed by atoms with Gasteiger partial charge in [0.15, 0.2) is 11.6 Å². The lowest BCUT2D eigenvalue weighted by atomic mass is 9.77. The van der Waals surface area contributed by atoms with Crippen molar-refractivity contribution in [2.75, 3.05) is 0 Å². The number of unbranched alkanes of at least 4 members (excludes halogenated alkanes) is 1. The average molecular weight is 342 g/mol. The van der Waals surface area contributed by atoms with E-state index >= 15 is 0 Å². The Morgan fingerprint density at radius 2 is 1.44 bits per heavy atom. The smallest absolute Gasteiger partial charge is 0.163 e. The van der Waals surface area contributed by atoms with Crippen LogP contribution >= 0.6 is 0 Å². The lowest BCUT2D eigenvalue weighted by molar-refractivity contribution is -0.124. The third-order valence-electron chi connectivity index (χ3n) is 5.40.